The van der Waals surface area contributed by atoms with Crippen molar-refractivity contribution < 1.29 is 4.39 Å². The second-order valence-corrected chi connectivity index (χ2v) is 2.38. The molecular weight excluding hydrogens is 155 g/mol. The first kappa shape index (κ1) is 8.71. The topological polar surface area (TPSA) is 17.8 Å². The molecule has 64 valence electrons. The predicted molar refractivity (Wildman–Crippen MR) is 47.4 cm³/mol. The molecule has 0 spiro atoms. The van der Waals surface area contributed by atoms with E-state index in [9.17, 15) is 4.39 Å². The number of hydrogen-bond acceptors (Lipinski definition) is 1. The van der Waals surface area contributed by atoms with E-state index in [2.05, 4.69) is 18.1 Å². The number of rotatable bonds is 2. The van der Waals surface area contributed by atoms with E-state index >= 15 is 0 Å². The van der Waals surface area contributed by atoms with Crippen LogP contribution >= 0.6 is 0 Å². The van der Waals surface area contributed by atoms with E-state index in [1.807, 2.05) is 6.92 Å². The number of halogens is 1. The van der Waals surface area contributed by atoms with Gasteiger partial charge in [-0.05, 0) is 13.0 Å². The molecule has 0 aliphatic rings. The van der Waals surface area contributed by atoms with Crippen LogP contribution in [0.25, 0.3) is 12.4 Å². The van der Waals surface area contributed by atoms with Crippen molar-refractivity contribution in [1.29, 1.82) is 0 Å². The average molecular weight is 166 g/mol. The van der Waals surface area contributed by atoms with Gasteiger partial charge in [-0.15, -0.1) is 0 Å². The second-order valence-electron chi connectivity index (χ2n) is 2.38. The molecule has 1 heterocycles. The number of allylic oxidation sites excluding steroid dienone is 1. The van der Waals surface area contributed by atoms with Crippen molar-refractivity contribution in [3.05, 3.63) is 29.7 Å². The Hall–Kier alpha value is -1.38. The van der Waals surface area contributed by atoms with Gasteiger partial charge in [0, 0.05) is 6.54 Å². The van der Waals surface area contributed by atoms with E-state index < -0.39 is 0 Å². The van der Waals surface area contributed by atoms with Crippen LogP contribution in [0.2, 0.25) is 0 Å². The van der Waals surface area contributed by atoms with E-state index in [0.29, 0.717) is 17.2 Å². The van der Waals surface area contributed by atoms with Crippen LogP contribution in [0.15, 0.2) is 19.0 Å². The highest BCUT2D eigenvalue weighted by atomic mass is 19.1. The van der Waals surface area contributed by atoms with Crippen LogP contribution in [0.3, 0.4) is 0 Å². The largest absolute Gasteiger partial charge is 0.328 e. The molecule has 0 fully saturated rings. The third kappa shape index (κ3) is 1.30. The first-order valence-electron chi connectivity index (χ1n) is 3.73. The van der Waals surface area contributed by atoms with Crippen molar-refractivity contribution >= 4 is 12.4 Å². The normalized spacial score (nSPS) is 12.8. The van der Waals surface area contributed by atoms with Crippen LogP contribution < -0.4 is 10.7 Å². The molecule has 0 unspecified atom stereocenters. The van der Waals surface area contributed by atoms with Gasteiger partial charge in [-0.25, -0.2) is 9.37 Å². The first-order valence-corrected chi connectivity index (χ1v) is 3.73. The molecule has 3 heteroatoms. The number of aryl methyl sites for hydroxylation is 1. The lowest BCUT2D eigenvalue weighted by Crippen LogP contribution is -2.30. The van der Waals surface area contributed by atoms with Crippen LogP contribution in [0.4, 0.5) is 4.39 Å². The summed E-state index contributed by atoms with van der Waals surface area (Å²) in [6.45, 7) is 9.57. The Morgan fingerprint density at radius 1 is 1.83 bits per heavy atom. The highest BCUT2D eigenvalue weighted by Crippen LogP contribution is 1.92. The van der Waals surface area contributed by atoms with E-state index in [1.165, 1.54) is 0 Å². The number of hydrogen-bond donors (Lipinski definition) is 0. The van der Waals surface area contributed by atoms with Crippen molar-refractivity contribution in [3.63, 3.8) is 0 Å². The number of imidazole rings is 1. The fourth-order valence-electron chi connectivity index (χ4n) is 1.04. The zero-order valence-electron chi connectivity index (χ0n) is 7.05. The maximum absolute atomic E-state index is 13.1. The standard InChI is InChI=1S/C9H11FN2/c1-4-8(10)9-7(3)11-6-12(9)5-2/h4,6H,1,3,5H2,2H3. The van der Waals surface area contributed by atoms with Gasteiger partial charge < -0.3 is 4.57 Å². The fraction of sp³-hybridized carbons (Fsp3) is 0.222. The van der Waals surface area contributed by atoms with Crippen LogP contribution in [-0.2, 0) is 6.54 Å². The van der Waals surface area contributed by atoms with Gasteiger partial charge in [0.25, 0.3) is 0 Å². The Labute approximate surface area is 70.4 Å². The first-order chi connectivity index (χ1) is 5.70. The highest BCUT2D eigenvalue weighted by molar-refractivity contribution is 5.45. The van der Waals surface area contributed by atoms with Gasteiger partial charge in [0.2, 0.25) is 0 Å². The monoisotopic (exact) mass is 166 g/mol. The molecule has 0 N–H and O–H groups in total. The van der Waals surface area contributed by atoms with Crippen molar-refractivity contribution in [2.24, 2.45) is 0 Å². The highest BCUT2D eigenvalue weighted by Gasteiger charge is 1.98. The summed E-state index contributed by atoms with van der Waals surface area (Å²) in [5.41, 5.74) is 0. The molecule has 0 aromatic carbocycles. The quantitative estimate of drug-likeness (QED) is 0.628. The van der Waals surface area contributed by atoms with Gasteiger partial charge in [0.15, 0.2) is 0 Å². The summed E-state index contributed by atoms with van der Waals surface area (Å²) in [5.74, 6) is -0.376. The summed E-state index contributed by atoms with van der Waals surface area (Å²) >= 11 is 0. The van der Waals surface area contributed by atoms with Crippen LogP contribution in [-0.4, -0.2) is 9.55 Å². The lowest BCUT2D eigenvalue weighted by molar-refractivity contribution is 0.697. The van der Waals surface area contributed by atoms with Gasteiger partial charge >= 0.3 is 0 Å². The summed E-state index contributed by atoms with van der Waals surface area (Å²) in [6, 6.07) is 0. The van der Waals surface area contributed by atoms with Crippen molar-refractivity contribution in [2.45, 2.75) is 13.5 Å². The van der Waals surface area contributed by atoms with Gasteiger partial charge in [-0.3, -0.25) is 0 Å². The third-order valence-electron chi connectivity index (χ3n) is 1.66. The van der Waals surface area contributed by atoms with Crippen molar-refractivity contribution in [1.82, 2.24) is 9.55 Å². The smallest absolute Gasteiger partial charge is 0.148 e. The summed E-state index contributed by atoms with van der Waals surface area (Å²) in [5, 5.41) is 0.877. The molecule has 0 saturated heterocycles. The van der Waals surface area contributed by atoms with Crippen molar-refractivity contribution in [2.75, 3.05) is 0 Å². The molecular formula is C9H11FN2. The minimum atomic E-state index is -0.376. The van der Waals surface area contributed by atoms with Crippen molar-refractivity contribution in [3.8, 4) is 0 Å². The summed E-state index contributed by atoms with van der Waals surface area (Å²) < 4.78 is 14.8. The Bertz CT molecular complexity index is 389. The van der Waals surface area contributed by atoms with Gasteiger partial charge in [-0.1, -0.05) is 13.2 Å². The summed E-state index contributed by atoms with van der Waals surface area (Å²) in [6.07, 6.45) is 2.73. The van der Waals surface area contributed by atoms with Gasteiger partial charge in [0.1, 0.15) is 11.2 Å². The summed E-state index contributed by atoms with van der Waals surface area (Å²) in [7, 11) is 0. The molecule has 0 aliphatic carbocycles. The Kier molecular flexibility index (Phi) is 2.43. The molecule has 1 aromatic rings. The number of aromatic nitrogens is 2. The minimum absolute atomic E-state index is 0.376. The molecule has 1 aromatic heterocycles. The SMILES string of the molecule is C=CC(F)=c1c(=C)ncn1CC. The summed E-state index contributed by atoms with van der Waals surface area (Å²) in [4.78, 5) is 3.90. The molecule has 0 radical (unpaired) electrons. The maximum Gasteiger partial charge on any atom is 0.148 e. The Morgan fingerprint density at radius 3 is 3.00 bits per heavy atom. The molecule has 0 aliphatic heterocycles. The average Bonchev–Trinajstić information content (AvgIpc) is 2.45. The minimum Gasteiger partial charge on any atom is -0.328 e. The molecule has 2 nitrogen and oxygen atoms in total. The predicted octanol–water partition coefficient (Wildman–Crippen LogP) is 0.577. The van der Waals surface area contributed by atoms with Crippen LogP contribution in [0.1, 0.15) is 6.92 Å². The molecule has 1 rings (SSSR count). The van der Waals surface area contributed by atoms with E-state index in [1.54, 1.807) is 10.9 Å². The second kappa shape index (κ2) is 3.34. The molecule has 0 atom stereocenters. The van der Waals surface area contributed by atoms with E-state index in [0.717, 1.165) is 6.08 Å². The fourth-order valence-corrected chi connectivity index (χ4v) is 1.04. The van der Waals surface area contributed by atoms with Crippen LogP contribution in [0.5, 0.6) is 0 Å². The zero-order valence-corrected chi connectivity index (χ0v) is 7.05. The number of nitrogens with zero attached hydrogens (tertiary/aromatic N) is 2. The maximum atomic E-state index is 13.1. The van der Waals surface area contributed by atoms with Gasteiger partial charge in [-0.2, -0.15) is 0 Å². The van der Waals surface area contributed by atoms with E-state index in [4.69, 9.17) is 0 Å². The Balaban J connectivity index is 3.59. The van der Waals surface area contributed by atoms with E-state index in [-0.39, 0.29) is 5.83 Å². The van der Waals surface area contributed by atoms with Gasteiger partial charge in [0.05, 0.1) is 11.7 Å². The lowest BCUT2D eigenvalue weighted by atomic mass is 10.4. The molecule has 0 amide bonds. The Morgan fingerprint density at radius 2 is 2.50 bits per heavy atom. The molecule has 12 heavy (non-hydrogen) atoms. The molecule has 0 saturated carbocycles. The lowest BCUT2D eigenvalue weighted by Gasteiger charge is -1.94. The molecule has 0 bridgehead atoms. The zero-order chi connectivity index (χ0) is 9.14. The third-order valence-corrected chi connectivity index (χ3v) is 1.66. The van der Waals surface area contributed by atoms with Crippen LogP contribution in [0, 0.1) is 0 Å².